The Morgan fingerprint density at radius 1 is 1.00 bits per heavy atom. The van der Waals surface area contributed by atoms with Crippen LogP contribution in [0.4, 0.5) is 16.5 Å². The number of thiazole rings is 1. The summed E-state index contributed by atoms with van der Waals surface area (Å²) < 4.78 is 0. The van der Waals surface area contributed by atoms with E-state index in [4.69, 9.17) is 0 Å². The Bertz CT molecular complexity index is 1090. The van der Waals surface area contributed by atoms with Gasteiger partial charge in [-0.15, -0.1) is 0 Å². The average Bonchev–Trinajstić information content (AvgIpc) is 3.21. The number of carboxylic acid groups (broad SMARTS) is 1. The van der Waals surface area contributed by atoms with Crippen LogP contribution < -0.4 is 9.80 Å². The standard InChI is InChI=1S/C23H24N4O3S/c1-16-20(22(29)30)31-23(24-16)27-14-12-26(13-15-27)21(28)18-10-6-7-11-19(18)25(2)17-8-4-3-5-9-17/h3-11H,12-15H2,1-2H3,(H,29,30). The van der Waals surface area contributed by atoms with E-state index in [2.05, 4.69) is 9.88 Å². The number of carbonyl (C=O) groups excluding carboxylic acids is 1. The second-order valence-corrected chi connectivity index (χ2v) is 8.38. The van der Waals surface area contributed by atoms with Crippen molar-refractivity contribution in [2.24, 2.45) is 0 Å². The summed E-state index contributed by atoms with van der Waals surface area (Å²) in [6.07, 6.45) is 0. The van der Waals surface area contributed by atoms with Gasteiger partial charge in [0.1, 0.15) is 4.88 Å². The molecule has 7 nitrogen and oxygen atoms in total. The number of nitrogens with zero attached hydrogens (tertiary/aromatic N) is 4. The summed E-state index contributed by atoms with van der Waals surface area (Å²) in [6, 6.07) is 17.6. The predicted molar refractivity (Wildman–Crippen MR) is 123 cm³/mol. The molecule has 0 spiro atoms. The predicted octanol–water partition coefficient (Wildman–Crippen LogP) is 3.88. The van der Waals surface area contributed by atoms with Gasteiger partial charge in [0.05, 0.1) is 16.9 Å². The quantitative estimate of drug-likeness (QED) is 0.654. The van der Waals surface area contributed by atoms with Crippen molar-refractivity contribution in [2.45, 2.75) is 6.92 Å². The molecular formula is C23H24N4O3S. The van der Waals surface area contributed by atoms with Crippen molar-refractivity contribution >= 4 is 39.7 Å². The number of rotatable bonds is 5. The van der Waals surface area contributed by atoms with Gasteiger partial charge in [-0.05, 0) is 31.2 Å². The zero-order valence-corrected chi connectivity index (χ0v) is 18.3. The van der Waals surface area contributed by atoms with E-state index in [1.807, 2.05) is 71.4 Å². The molecule has 0 bridgehead atoms. The van der Waals surface area contributed by atoms with Crippen molar-refractivity contribution in [1.29, 1.82) is 0 Å². The topological polar surface area (TPSA) is 77.0 Å². The largest absolute Gasteiger partial charge is 0.477 e. The molecule has 0 saturated carbocycles. The first-order valence-corrected chi connectivity index (χ1v) is 10.9. The van der Waals surface area contributed by atoms with Crippen LogP contribution in [0.5, 0.6) is 0 Å². The van der Waals surface area contributed by atoms with Crippen LogP contribution in [-0.4, -0.2) is 60.1 Å². The first kappa shape index (κ1) is 20.9. The lowest BCUT2D eigenvalue weighted by Crippen LogP contribution is -2.49. The van der Waals surface area contributed by atoms with E-state index in [0.29, 0.717) is 42.6 Å². The number of carbonyl (C=O) groups is 2. The summed E-state index contributed by atoms with van der Waals surface area (Å²) in [4.78, 5) is 35.2. The maximum Gasteiger partial charge on any atom is 0.347 e. The summed E-state index contributed by atoms with van der Waals surface area (Å²) in [5.74, 6) is -0.950. The molecule has 31 heavy (non-hydrogen) atoms. The maximum atomic E-state index is 13.3. The second-order valence-electron chi connectivity index (χ2n) is 7.41. The minimum atomic E-state index is -0.950. The van der Waals surface area contributed by atoms with Gasteiger partial charge in [0.15, 0.2) is 5.13 Å². The van der Waals surface area contributed by atoms with Gasteiger partial charge in [0.2, 0.25) is 0 Å². The molecule has 1 aliphatic heterocycles. The van der Waals surface area contributed by atoms with E-state index in [-0.39, 0.29) is 10.8 Å². The number of anilines is 3. The van der Waals surface area contributed by atoms with Crippen molar-refractivity contribution < 1.29 is 14.7 Å². The number of carboxylic acids is 1. The number of amides is 1. The third-order valence-corrected chi connectivity index (χ3v) is 6.66. The Morgan fingerprint density at radius 2 is 1.65 bits per heavy atom. The molecule has 3 aromatic rings. The lowest BCUT2D eigenvalue weighted by atomic mass is 10.1. The highest BCUT2D eigenvalue weighted by Crippen LogP contribution is 2.29. The van der Waals surface area contributed by atoms with Gasteiger partial charge in [-0.2, -0.15) is 0 Å². The van der Waals surface area contributed by atoms with Crippen LogP contribution >= 0.6 is 11.3 Å². The minimum Gasteiger partial charge on any atom is -0.477 e. The molecule has 1 saturated heterocycles. The van der Waals surface area contributed by atoms with E-state index in [0.717, 1.165) is 11.4 Å². The molecule has 0 aliphatic carbocycles. The third-order valence-electron chi connectivity index (χ3n) is 5.46. The molecule has 1 aromatic heterocycles. The number of aryl methyl sites for hydroxylation is 1. The van der Waals surface area contributed by atoms with Gasteiger partial charge < -0.3 is 19.8 Å². The van der Waals surface area contributed by atoms with Crippen LogP contribution in [0.1, 0.15) is 25.7 Å². The van der Waals surface area contributed by atoms with Crippen molar-refractivity contribution in [1.82, 2.24) is 9.88 Å². The molecule has 2 aromatic carbocycles. The van der Waals surface area contributed by atoms with Crippen LogP contribution in [0.25, 0.3) is 0 Å². The van der Waals surface area contributed by atoms with Crippen molar-refractivity contribution in [3.05, 3.63) is 70.7 Å². The molecule has 4 rings (SSSR count). The second kappa shape index (κ2) is 8.77. The summed E-state index contributed by atoms with van der Waals surface area (Å²) >= 11 is 1.19. The van der Waals surface area contributed by atoms with Crippen LogP contribution in [0, 0.1) is 6.92 Å². The monoisotopic (exact) mass is 436 g/mol. The summed E-state index contributed by atoms with van der Waals surface area (Å²) in [6.45, 7) is 4.07. The van der Waals surface area contributed by atoms with E-state index >= 15 is 0 Å². The summed E-state index contributed by atoms with van der Waals surface area (Å²) in [5.41, 5.74) is 3.08. The number of aromatic nitrogens is 1. The normalized spacial score (nSPS) is 13.9. The average molecular weight is 437 g/mol. The van der Waals surface area contributed by atoms with Gasteiger partial charge in [-0.25, -0.2) is 9.78 Å². The highest BCUT2D eigenvalue weighted by molar-refractivity contribution is 7.17. The van der Waals surface area contributed by atoms with Gasteiger partial charge in [0.25, 0.3) is 5.91 Å². The zero-order chi connectivity index (χ0) is 22.0. The first-order valence-electron chi connectivity index (χ1n) is 10.1. The smallest absolute Gasteiger partial charge is 0.347 e. The number of benzene rings is 2. The molecule has 2 heterocycles. The number of para-hydroxylation sites is 2. The molecular weight excluding hydrogens is 412 g/mol. The highest BCUT2D eigenvalue weighted by Gasteiger charge is 2.27. The SMILES string of the molecule is Cc1nc(N2CCN(C(=O)c3ccccc3N(C)c3ccccc3)CC2)sc1C(=O)O. The van der Waals surface area contributed by atoms with E-state index in [1.54, 1.807) is 6.92 Å². The van der Waals surface area contributed by atoms with E-state index in [9.17, 15) is 14.7 Å². The zero-order valence-electron chi connectivity index (χ0n) is 17.5. The highest BCUT2D eigenvalue weighted by atomic mass is 32.1. The Balaban J connectivity index is 1.48. The van der Waals surface area contributed by atoms with Gasteiger partial charge in [-0.1, -0.05) is 41.7 Å². The molecule has 0 radical (unpaired) electrons. The summed E-state index contributed by atoms with van der Waals surface area (Å²) in [5, 5.41) is 9.97. The molecule has 0 atom stereocenters. The fraction of sp³-hybridized carbons (Fsp3) is 0.261. The lowest BCUT2D eigenvalue weighted by molar-refractivity contribution is 0.0699. The minimum absolute atomic E-state index is 0.000393. The Kier molecular flexibility index (Phi) is 5.90. The molecule has 160 valence electrons. The van der Waals surface area contributed by atoms with Gasteiger partial charge in [-0.3, -0.25) is 4.79 Å². The molecule has 8 heteroatoms. The van der Waals surface area contributed by atoms with Gasteiger partial charge >= 0.3 is 5.97 Å². The maximum absolute atomic E-state index is 13.3. The molecule has 1 amide bonds. The molecule has 0 unspecified atom stereocenters. The molecule has 1 aliphatic rings. The van der Waals surface area contributed by atoms with E-state index in [1.165, 1.54) is 11.3 Å². The third kappa shape index (κ3) is 4.25. The number of hydrogen-bond acceptors (Lipinski definition) is 6. The van der Waals surface area contributed by atoms with Crippen LogP contribution in [0.3, 0.4) is 0 Å². The van der Waals surface area contributed by atoms with Crippen LogP contribution in [0.2, 0.25) is 0 Å². The molecule has 1 N–H and O–H groups in total. The fourth-order valence-electron chi connectivity index (χ4n) is 3.72. The van der Waals surface area contributed by atoms with Gasteiger partial charge in [0, 0.05) is 38.9 Å². The van der Waals surface area contributed by atoms with Crippen molar-refractivity contribution in [2.75, 3.05) is 43.0 Å². The Morgan fingerprint density at radius 3 is 2.29 bits per heavy atom. The Hall–Kier alpha value is -3.39. The van der Waals surface area contributed by atoms with Crippen molar-refractivity contribution in [3.8, 4) is 0 Å². The fourth-order valence-corrected chi connectivity index (χ4v) is 4.68. The van der Waals surface area contributed by atoms with Crippen LogP contribution in [-0.2, 0) is 0 Å². The number of aromatic carboxylic acids is 1. The lowest BCUT2D eigenvalue weighted by Gasteiger charge is -2.35. The first-order chi connectivity index (χ1) is 15.0. The molecule has 1 fully saturated rings. The summed E-state index contributed by atoms with van der Waals surface area (Å²) in [7, 11) is 1.96. The Labute approximate surface area is 185 Å². The van der Waals surface area contributed by atoms with Crippen LogP contribution in [0.15, 0.2) is 54.6 Å². The van der Waals surface area contributed by atoms with Crippen molar-refractivity contribution in [3.63, 3.8) is 0 Å². The number of piperazine rings is 1. The number of hydrogen-bond donors (Lipinski definition) is 1. The van der Waals surface area contributed by atoms with E-state index < -0.39 is 5.97 Å².